The molecule has 0 saturated carbocycles. The van der Waals surface area contributed by atoms with Crippen LogP contribution in [0.4, 0.5) is 0 Å². The van der Waals surface area contributed by atoms with E-state index in [0.29, 0.717) is 0 Å². The molecular formula is C24H46GeSSn. The van der Waals surface area contributed by atoms with Gasteiger partial charge in [0.15, 0.2) is 0 Å². The molecule has 0 nitrogen and oxygen atoms in total. The summed E-state index contributed by atoms with van der Waals surface area (Å²) < 4.78 is 6.80. The van der Waals surface area contributed by atoms with Crippen LogP contribution in [0.5, 0.6) is 0 Å². The van der Waals surface area contributed by atoms with E-state index in [1.807, 2.05) is 14.9 Å². The molecule has 0 saturated heterocycles. The zero-order valence-corrected chi connectivity index (χ0v) is 25.0. The Morgan fingerprint density at radius 1 is 0.852 bits per heavy atom. The molecule has 0 aliphatic carbocycles. The monoisotopic (exact) mass is 560 g/mol. The summed E-state index contributed by atoms with van der Waals surface area (Å²) in [7, 11) is 0. The van der Waals surface area contributed by atoms with Gasteiger partial charge in [-0.15, -0.1) is 0 Å². The first-order valence-electron chi connectivity index (χ1n) is 11.8. The third kappa shape index (κ3) is 7.52. The Hall–Kier alpha value is 0.782. The van der Waals surface area contributed by atoms with Crippen molar-refractivity contribution >= 4 is 46.6 Å². The first kappa shape index (κ1) is 25.8. The molecule has 156 valence electrons. The minimum atomic E-state index is -2.38. The molecule has 0 aliphatic rings. The van der Waals surface area contributed by atoms with Gasteiger partial charge in [-0.25, -0.2) is 0 Å². The van der Waals surface area contributed by atoms with Crippen LogP contribution < -0.4 is 0 Å². The van der Waals surface area contributed by atoms with Crippen molar-refractivity contribution in [2.24, 2.45) is 0 Å². The van der Waals surface area contributed by atoms with Crippen LogP contribution in [0.15, 0.2) is 22.4 Å². The van der Waals surface area contributed by atoms with E-state index in [2.05, 4.69) is 64.0 Å². The zero-order chi connectivity index (χ0) is 20.2. The standard InChI is InChI=1S/C12H19GeS.3C4H9.Sn/c1-4-13(5-2,6-3)10-9-12-8-7-11-14-12;3*1-3-4-2;/h7-8,10-11H,4-6H2,1-3H3;3*1,3-4H2,2H3;. The second-order valence-electron chi connectivity index (χ2n) is 8.55. The van der Waals surface area contributed by atoms with Crippen molar-refractivity contribution in [1.82, 2.24) is 0 Å². The van der Waals surface area contributed by atoms with Crippen LogP contribution in [0.3, 0.4) is 0 Å². The number of rotatable bonds is 15. The third-order valence-electron chi connectivity index (χ3n) is 6.95. The van der Waals surface area contributed by atoms with Gasteiger partial charge in [-0.2, -0.15) is 0 Å². The molecule has 1 heterocycles. The topological polar surface area (TPSA) is 0 Å². The number of hydrogen-bond acceptors (Lipinski definition) is 1. The number of hydrogen-bond donors (Lipinski definition) is 0. The van der Waals surface area contributed by atoms with Crippen LogP contribution in [0, 0.1) is 0 Å². The van der Waals surface area contributed by atoms with Crippen LogP contribution in [0.1, 0.15) is 84.9 Å². The van der Waals surface area contributed by atoms with Gasteiger partial charge in [-0.3, -0.25) is 0 Å². The van der Waals surface area contributed by atoms with E-state index in [1.165, 1.54) is 54.3 Å². The first-order valence-corrected chi connectivity index (χ1v) is 25.9. The van der Waals surface area contributed by atoms with Crippen molar-refractivity contribution in [3.8, 4) is 0 Å². The summed E-state index contributed by atoms with van der Waals surface area (Å²) in [5.41, 5.74) is 0. The van der Waals surface area contributed by atoms with Crippen LogP contribution >= 0.6 is 11.3 Å². The molecule has 0 aromatic carbocycles. The fourth-order valence-electron chi connectivity index (χ4n) is 4.60. The number of unbranched alkanes of at least 4 members (excludes halogenated alkanes) is 3. The molecule has 3 heteroatoms. The molecular weight excluding hydrogens is 512 g/mol. The van der Waals surface area contributed by atoms with Gasteiger partial charge in [0.1, 0.15) is 0 Å². The van der Waals surface area contributed by atoms with E-state index < -0.39 is 31.6 Å². The summed E-state index contributed by atoms with van der Waals surface area (Å²) >= 11 is -2.19. The molecule has 0 bridgehead atoms. The summed E-state index contributed by atoms with van der Waals surface area (Å²) in [5.74, 6) is 0. The SMILES string of the molecule is CCC[CH2][Sn]([CH2]CCC)([CH2]CCC)/[C](=[CH]\[Ge]([CH2]C)([CH2]C)[CH2]C)c1cccs1. The summed E-state index contributed by atoms with van der Waals surface area (Å²) in [5, 5.41) is 6.75. The minimum absolute atomic E-state index is 1.37. The Bertz CT molecular complexity index is 486. The predicted molar refractivity (Wildman–Crippen MR) is 134 cm³/mol. The van der Waals surface area contributed by atoms with Crippen LogP contribution in [-0.4, -0.2) is 31.6 Å². The van der Waals surface area contributed by atoms with Crippen molar-refractivity contribution in [3.63, 3.8) is 0 Å². The van der Waals surface area contributed by atoms with E-state index in [4.69, 9.17) is 0 Å². The molecule has 0 amide bonds. The van der Waals surface area contributed by atoms with Gasteiger partial charge in [-0.05, 0) is 0 Å². The van der Waals surface area contributed by atoms with Gasteiger partial charge in [0.25, 0.3) is 0 Å². The molecule has 0 fully saturated rings. The third-order valence-corrected chi connectivity index (χ3v) is 36.5. The fraction of sp³-hybridized carbons (Fsp3) is 0.750. The van der Waals surface area contributed by atoms with Crippen molar-refractivity contribution in [2.45, 2.75) is 109 Å². The molecule has 0 radical (unpaired) electrons. The van der Waals surface area contributed by atoms with Crippen LogP contribution in [-0.2, 0) is 0 Å². The molecule has 1 aromatic heterocycles. The average Bonchev–Trinajstić information content (AvgIpc) is 3.24. The van der Waals surface area contributed by atoms with E-state index in [0.717, 1.165) is 0 Å². The van der Waals surface area contributed by atoms with E-state index in [9.17, 15) is 0 Å². The van der Waals surface area contributed by atoms with Crippen molar-refractivity contribution in [3.05, 3.63) is 27.3 Å². The van der Waals surface area contributed by atoms with Gasteiger partial charge in [-0.1, -0.05) is 0 Å². The predicted octanol–water partition coefficient (Wildman–Crippen LogP) is 9.57. The molecule has 0 unspecified atom stereocenters. The normalized spacial score (nSPS) is 13.3. The number of thiophene rings is 1. The Morgan fingerprint density at radius 3 is 1.67 bits per heavy atom. The van der Waals surface area contributed by atoms with Crippen LogP contribution in [0.25, 0.3) is 3.59 Å². The molecule has 0 N–H and O–H groups in total. The van der Waals surface area contributed by atoms with Gasteiger partial charge in [0.05, 0.1) is 0 Å². The van der Waals surface area contributed by atoms with Gasteiger partial charge in [0.2, 0.25) is 0 Å². The molecule has 27 heavy (non-hydrogen) atoms. The Balaban J connectivity index is 3.55. The van der Waals surface area contributed by atoms with Crippen molar-refractivity contribution < 1.29 is 0 Å². The average molecular weight is 558 g/mol. The maximum absolute atomic E-state index is 3.04. The maximum atomic E-state index is 3.04. The van der Waals surface area contributed by atoms with Crippen molar-refractivity contribution in [2.75, 3.05) is 0 Å². The van der Waals surface area contributed by atoms with E-state index in [1.54, 1.807) is 18.2 Å². The summed E-state index contributed by atoms with van der Waals surface area (Å²) in [6.07, 6.45) is 8.52. The van der Waals surface area contributed by atoms with Gasteiger partial charge in [0, 0.05) is 0 Å². The summed E-state index contributed by atoms with van der Waals surface area (Å²) in [6.45, 7) is 14.7. The Kier molecular flexibility index (Phi) is 13.3. The van der Waals surface area contributed by atoms with Crippen molar-refractivity contribution in [1.29, 1.82) is 0 Å². The Morgan fingerprint density at radius 2 is 1.33 bits per heavy atom. The first-order chi connectivity index (χ1) is 13.1. The molecule has 0 spiro atoms. The van der Waals surface area contributed by atoms with E-state index >= 15 is 0 Å². The summed E-state index contributed by atoms with van der Waals surface area (Å²) in [4.78, 5) is 4.72. The van der Waals surface area contributed by atoms with E-state index in [-0.39, 0.29) is 0 Å². The molecule has 1 rings (SSSR count). The van der Waals surface area contributed by atoms with Gasteiger partial charge >= 0.3 is 183 Å². The fourth-order valence-corrected chi connectivity index (χ4v) is 38.2. The molecule has 0 aliphatic heterocycles. The second-order valence-corrected chi connectivity index (χ2v) is 33.4. The molecule has 1 aromatic rings. The second kappa shape index (κ2) is 13.9. The van der Waals surface area contributed by atoms with Crippen LogP contribution in [0.2, 0.25) is 29.1 Å². The van der Waals surface area contributed by atoms with Gasteiger partial charge < -0.3 is 0 Å². The Labute approximate surface area is 181 Å². The zero-order valence-electron chi connectivity index (χ0n) is 19.2. The quantitative estimate of drug-likeness (QED) is 0.188. The summed E-state index contributed by atoms with van der Waals surface area (Å²) in [6, 6.07) is 4.78. The molecule has 0 atom stereocenters.